The molecule has 0 radical (unpaired) electrons. The fourth-order valence-electron chi connectivity index (χ4n) is 4.80. The molecule has 0 aliphatic heterocycles. The largest absolute Gasteiger partial charge is 0.330 e. The Balaban J connectivity index is 1.80. The van der Waals surface area contributed by atoms with Gasteiger partial charge in [-0.3, -0.25) is 0 Å². The maximum absolute atomic E-state index is 5.78. The van der Waals surface area contributed by atoms with Gasteiger partial charge in [0, 0.05) is 11.8 Å². The van der Waals surface area contributed by atoms with E-state index in [0.717, 1.165) is 19.4 Å². The van der Waals surface area contributed by atoms with Crippen molar-refractivity contribution in [2.45, 2.75) is 24.7 Å². The molecule has 0 aromatic heterocycles. The average molecular weight is 311 g/mol. The Kier molecular flexibility index (Phi) is 3.11. The van der Waals surface area contributed by atoms with Gasteiger partial charge in [-0.25, -0.2) is 0 Å². The van der Waals surface area contributed by atoms with E-state index in [1.165, 1.54) is 33.4 Å². The van der Waals surface area contributed by atoms with Gasteiger partial charge >= 0.3 is 0 Å². The molecular weight excluding hydrogens is 290 g/mol. The first-order chi connectivity index (χ1) is 11.9. The summed E-state index contributed by atoms with van der Waals surface area (Å²) < 4.78 is 0. The van der Waals surface area contributed by atoms with Crippen molar-refractivity contribution in [3.05, 3.63) is 106 Å². The van der Waals surface area contributed by atoms with E-state index >= 15 is 0 Å². The zero-order valence-electron chi connectivity index (χ0n) is 13.7. The van der Waals surface area contributed by atoms with Crippen LogP contribution in [-0.2, 0) is 6.42 Å². The predicted molar refractivity (Wildman–Crippen MR) is 98.6 cm³/mol. The topological polar surface area (TPSA) is 26.0 Å². The maximum atomic E-state index is 5.78. The molecule has 0 saturated heterocycles. The summed E-state index contributed by atoms with van der Waals surface area (Å²) in [6, 6.07) is 24.9. The average Bonchev–Trinajstić information content (AvgIpc) is 2.65. The van der Waals surface area contributed by atoms with Crippen molar-refractivity contribution in [3.8, 4) is 0 Å². The van der Waals surface area contributed by atoms with Crippen LogP contribution in [0.1, 0.15) is 57.2 Å². The number of aryl methyl sites for hydroxylation is 1. The molecule has 24 heavy (non-hydrogen) atoms. The van der Waals surface area contributed by atoms with Crippen LogP contribution in [-0.4, -0.2) is 6.54 Å². The molecule has 0 atom stereocenters. The standard InChI is InChI=1S/C23H21N/c24-14-6-8-15-7-5-13-20-21(15)23-18-11-3-1-9-16(18)22(20)17-10-2-4-12-19(17)23/h1-5,7,9-13,22-23H,6,8,14,24H2. The van der Waals surface area contributed by atoms with E-state index in [2.05, 4.69) is 66.7 Å². The first-order valence-corrected chi connectivity index (χ1v) is 8.89. The molecule has 0 heterocycles. The smallest absolute Gasteiger partial charge is 0.0351 e. The van der Waals surface area contributed by atoms with Crippen LogP contribution in [0.2, 0.25) is 0 Å². The molecule has 3 aromatic carbocycles. The molecule has 3 aromatic rings. The van der Waals surface area contributed by atoms with Gasteiger partial charge in [0.15, 0.2) is 0 Å². The molecule has 0 amide bonds. The van der Waals surface area contributed by atoms with Crippen LogP contribution in [0.3, 0.4) is 0 Å². The molecule has 1 heteroatoms. The molecule has 3 aliphatic carbocycles. The second kappa shape index (κ2) is 5.32. The Hall–Kier alpha value is -2.38. The normalized spacial score (nSPS) is 19.5. The zero-order chi connectivity index (χ0) is 16.1. The van der Waals surface area contributed by atoms with Gasteiger partial charge in [0.05, 0.1) is 0 Å². The molecule has 0 fully saturated rings. The lowest BCUT2D eigenvalue weighted by Gasteiger charge is -2.43. The van der Waals surface area contributed by atoms with Crippen molar-refractivity contribution in [2.75, 3.05) is 6.54 Å². The van der Waals surface area contributed by atoms with Gasteiger partial charge in [-0.1, -0.05) is 66.7 Å². The molecule has 2 bridgehead atoms. The first kappa shape index (κ1) is 14.0. The lowest BCUT2D eigenvalue weighted by molar-refractivity contribution is 0.730. The van der Waals surface area contributed by atoms with Crippen LogP contribution in [0.25, 0.3) is 0 Å². The minimum Gasteiger partial charge on any atom is -0.330 e. The van der Waals surface area contributed by atoms with E-state index in [1.807, 2.05) is 0 Å². The van der Waals surface area contributed by atoms with Crippen LogP contribution < -0.4 is 5.73 Å². The third kappa shape index (κ3) is 1.79. The fraction of sp³-hybridized carbons (Fsp3) is 0.217. The molecule has 0 saturated carbocycles. The Morgan fingerprint density at radius 2 is 1.17 bits per heavy atom. The third-order valence-corrected chi connectivity index (χ3v) is 5.72. The predicted octanol–water partition coefficient (Wildman–Crippen LogP) is 4.57. The molecule has 1 nitrogen and oxygen atoms in total. The van der Waals surface area contributed by atoms with Gasteiger partial charge in [-0.15, -0.1) is 0 Å². The van der Waals surface area contributed by atoms with E-state index in [0.29, 0.717) is 11.8 Å². The summed E-state index contributed by atoms with van der Waals surface area (Å²) in [5, 5.41) is 0. The number of hydrogen-bond acceptors (Lipinski definition) is 1. The second-order valence-electron chi connectivity index (χ2n) is 6.94. The van der Waals surface area contributed by atoms with Gasteiger partial charge in [0.1, 0.15) is 0 Å². The summed E-state index contributed by atoms with van der Waals surface area (Å²) in [5.74, 6) is 0.765. The zero-order valence-corrected chi connectivity index (χ0v) is 13.7. The van der Waals surface area contributed by atoms with E-state index in [1.54, 1.807) is 5.56 Å². The summed E-state index contributed by atoms with van der Waals surface area (Å²) >= 11 is 0. The molecule has 2 N–H and O–H groups in total. The summed E-state index contributed by atoms with van der Waals surface area (Å²) in [4.78, 5) is 0. The quantitative estimate of drug-likeness (QED) is 0.519. The van der Waals surface area contributed by atoms with Crippen LogP contribution in [0.4, 0.5) is 0 Å². The van der Waals surface area contributed by atoms with E-state index in [-0.39, 0.29) is 0 Å². The van der Waals surface area contributed by atoms with Crippen LogP contribution in [0.5, 0.6) is 0 Å². The van der Waals surface area contributed by atoms with Gasteiger partial charge in [0.2, 0.25) is 0 Å². The third-order valence-electron chi connectivity index (χ3n) is 5.72. The maximum Gasteiger partial charge on any atom is 0.0351 e. The summed E-state index contributed by atoms with van der Waals surface area (Å²) in [5.41, 5.74) is 16.3. The summed E-state index contributed by atoms with van der Waals surface area (Å²) in [6.45, 7) is 0.755. The fourth-order valence-corrected chi connectivity index (χ4v) is 4.80. The van der Waals surface area contributed by atoms with Gasteiger partial charge in [0.25, 0.3) is 0 Å². The highest BCUT2D eigenvalue weighted by Crippen LogP contribution is 2.56. The van der Waals surface area contributed by atoms with Crippen molar-refractivity contribution in [3.63, 3.8) is 0 Å². The number of rotatable bonds is 3. The van der Waals surface area contributed by atoms with Crippen molar-refractivity contribution < 1.29 is 0 Å². The lowest BCUT2D eigenvalue weighted by Crippen LogP contribution is -2.28. The number of hydrogen-bond donors (Lipinski definition) is 1. The number of benzene rings is 3. The summed E-state index contributed by atoms with van der Waals surface area (Å²) in [6.07, 6.45) is 2.13. The van der Waals surface area contributed by atoms with Crippen LogP contribution >= 0.6 is 0 Å². The monoisotopic (exact) mass is 311 g/mol. The van der Waals surface area contributed by atoms with Crippen molar-refractivity contribution in [1.29, 1.82) is 0 Å². The van der Waals surface area contributed by atoms with Crippen molar-refractivity contribution >= 4 is 0 Å². The Labute approximate surface area is 143 Å². The van der Waals surface area contributed by atoms with Crippen LogP contribution in [0, 0.1) is 0 Å². The minimum atomic E-state index is 0.381. The van der Waals surface area contributed by atoms with Crippen molar-refractivity contribution in [1.82, 2.24) is 0 Å². The molecule has 0 spiro atoms. The Bertz CT molecular complexity index is 877. The minimum absolute atomic E-state index is 0.381. The highest BCUT2D eigenvalue weighted by molar-refractivity contribution is 5.69. The second-order valence-corrected chi connectivity index (χ2v) is 6.94. The Morgan fingerprint density at radius 3 is 1.75 bits per heavy atom. The molecule has 6 rings (SSSR count). The lowest BCUT2D eigenvalue weighted by atomic mass is 9.60. The molecular formula is C23H21N. The van der Waals surface area contributed by atoms with Gasteiger partial charge < -0.3 is 5.73 Å². The highest BCUT2D eigenvalue weighted by Gasteiger charge is 2.41. The number of nitrogens with two attached hydrogens (primary N) is 1. The first-order valence-electron chi connectivity index (χ1n) is 8.89. The van der Waals surface area contributed by atoms with E-state index in [9.17, 15) is 0 Å². The SMILES string of the molecule is NCCCc1cccc2c1C1c3ccccc3C2c2ccccc21. The summed E-state index contributed by atoms with van der Waals surface area (Å²) in [7, 11) is 0. The molecule has 0 unspecified atom stereocenters. The van der Waals surface area contributed by atoms with Crippen molar-refractivity contribution in [2.24, 2.45) is 5.73 Å². The highest BCUT2D eigenvalue weighted by atomic mass is 14.5. The van der Waals surface area contributed by atoms with E-state index in [4.69, 9.17) is 5.73 Å². The van der Waals surface area contributed by atoms with Gasteiger partial charge in [-0.2, -0.15) is 0 Å². The molecule has 3 aliphatic rings. The van der Waals surface area contributed by atoms with Crippen LogP contribution in [0.15, 0.2) is 66.7 Å². The molecule has 118 valence electrons. The van der Waals surface area contributed by atoms with E-state index < -0.39 is 0 Å². The van der Waals surface area contributed by atoms with Gasteiger partial charge in [-0.05, 0) is 58.3 Å². The Morgan fingerprint density at radius 1 is 0.625 bits per heavy atom.